The summed E-state index contributed by atoms with van der Waals surface area (Å²) in [7, 11) is 0. The van der Waals surface area contributed by atoms with Crippen molar-refractivity contribution in [3.63, 3.8) is 0 Å². The SMILES string of the molecule is O=C(Cn1nc(-c2ccccc2)cc(NC(=O)c2ccccc2)c1=O)Nc1cccc(Cl)c1. The van der Waals surface area contributed by atoms with Crippen LogP contribution in [0, 0.1) is 0 Å². The topological polar surface area (TPSA) is 93.1 Å². The molecule has 2 N–H and O–H groups in total. The molecule has 0 radical (unpaired) electrons. The molecule has 0 aliphatic carbocycles. The highest BCUT2D eigenvalue weighted by Crippen LogP contribution is 2.19. The normalized spacial score (nSPS) is 10.5. The molecule has 4 aromatic rings. The molecule has 0 fully saturated rings. The average Bonchev–Trinajstić information content (AvgIpc) is 2.82. The molecule has 4 rings (SSSR count). The number of hydrogen-bond donors (Lipinski definition) is 2. The van der Waals surface area contributed by atoms with Crippen LogP contribution in [0.1, 0.15) is 10.4 Å². The van der Waals surface area contributed by atoms with Gasteiger partial charge in [-0.05, 0) is 36.4 Å². The number of nitrogens with zero attached hydrogens (tertiary/aromatic N) is 2. The van der Waals surface area contributed by atoms with Gasteiger partial charge in [-0.25, -0.2) is 4.68 Å². The van der Waals surface area contributed by atoms with Gasteiger partial charge in [-0.15, -0.1) is 0 Å². The molecule has 0 aliphatic rings. The number of aromatic nitrogens is 2. The largest absolute Gasteiger partial charge is 0.324 e. The Hall–Kier alpha value is -4.23. The minimum atomic E-state index is -0.597. The van der Waals surface area contributed by atoms with E-state index in [0.29, 0.717) is 22.0 Å². The Kier molecular flexibility index (Phi) is 6.61. The van der Waals surface area contributed by atoms with E-state index in [1.54, 1.807) is 54.6 Å². The molecule has 7 nitrogen and oxygen atoms in total. The van der Waals surface area contributed by atoms with Crippen LogP contribution in [0.15, 0.2) is 95.8 Å². The summed E-state index contributed by atoms with van der Waals surface area (Å²) in [6.07, 6.45) is 0. The summed E-state index contributed by atoms with van der Waals surface area (Å²) >= 11 is 5.96. The maximum Gasteiger partial charge on any atom is 0.291 e. The van der Waals surface area contributed by atoms with E-state index in [2.05, 4.69) is 15.7 Å². The molecule has 0 saturated heterocycles. The smallest absolute Gasteiger partial charge is 0.291 e. The Morgan fingerprint density at radius 3 is 2.24 bits per heavy atom. The number of hydrogen-bond acceptors (Lipinski definition) is 4. The first kappa shape index (κ1) is 22.0. The zero-order chi connectivity index (χ0) is 23.2. The molecular formula is C25H19ClN4O3. The van der Waals surface area contributed by atoms with E-state index in [1.807, 2.05) is 30.3 Å². The third kappa shape index (κ3) is 5.53. The highest BCUT2D eigenvalue weighted by atomic mass is 35.5. The van der Waals surface area contributed by atoms with Gasteiger partial charge in [0.15, 0.2) is 0 Å². The van der Waals surface area contributed by atoms with Crippen LogP contribution in [0.25, 0.3) is 11.3 Å². The van der Waals surface area contributed by atoms with E-state index in [-0.39, 0.29) is 12.2 Å². The number of benzene rings is 3. The van der Waals surface area contributed by atoms with Crippen LogP contribution in [0.3, 0.4) is 0 Å². The third-order valence-corrected chi connectivity index (χ3v) is 4.96. The maximum atomic E-state index is 13.0. The highest BCUT2D eigenvalue weighted by molar-refractivity contribution is 6.30. The van der Waals surface area contributed by atoms with E-state index in [4.69, 9.17) is 11.6 Å². The van der Waals surface area contributed by atoms with Crippen molar-refractivity contribution in [2.24, 2.45) is 0 Å². The summed E-state index contributed by atoms with van der Waals surface area (Å²) in [6.45, 7) is -0.347. The van der Waals surface area contributed by atoms with Crippen LogP contribution >= 0.6 is 11.6 Å². The predicted molar refractivity (Wildman–Crippen MR) is 128 cm³/mol. The Balaban J connectivity index is 1.66. The molecule has 164 valence electrons. The van der Waals surface area contributed by atoms with E-state index in [0.717, 1.165) is 10.2 Å². The van der Waals surface area contributed by atoms with Crippen molar-refractivity contribution in [1.29, 1.82) is 0 Å². The summed E-state index contributed by atoms with van der Waals surface area (Å²) in [5.41, 5.74) is 1.50. The lowest BCUT2D eigenvalue weighted by Gasteiger charge is -2.12. The van der Waals surface area contributed by atoms with E-state index >= 15 is 0 Å². The van der Waals surface area contributed by atoms with Gasteiger partial charge in [0.05, 0.1) is 5.69 Å². The van der Waals surface area contributed by atoms with Crippen LogP contribution < -0.4 is 16.2 Å². The average molecular weight is 459 g/mol. The highest BCUT2D eigenvalue weighted by Gasteiger charge is 2.16. The molecule has 0 spiro atoms. The first-order chi connectivity index (χ1) is 16.0. The van der Waals surface area contributed by atoms with Gasteiger partial charge in [-0.2, -0.15) is 5.10 Å². The van der Waals surface area contributed by atoms with Gasteiger partial charge in [0, 0.05) is 21.8 Å². The Bertz CT molecular complexity index is 1360. The van der Waals surface area contributed by atoms with Crippen molar-refractivity contribution < 1.29 is 9.59 Å². The van der Waals surface area contributed by atoms with Gasteiger partial charge in [0.2, 0.25) is 5.91 Å². The number of halogens is 1. The van der Waals surface area contributed by atoms with Crippen molar-refractivity contribution >= 4 is 34.8 Å². The second-order valence-electron chi connectivity index (χ2n) is 7.15. The molecule has 8 heteroatoms. The van der Waals surface area contributed by atoms with Crippen molar-refractivity contribution in [3.05, 3.63) is 112 Å². The van der Waals surface area contributed by atoms with Gasteiger partial charge in [-0.1, -0.05) is 66.2 Å². The second kappa shape index (κ2) is 9.93. The number of amides is 2. The first-order valence-electron chi connectivity index (χ1n) is 10.1. The van der Waals surface area contributed by atoms with Crippen LogP contribution in [0.5, 0.6) is 0 Å². The van der Waals surface area contributed by atoms with Crippen molar-refractivity contribution in [2.45, 2.75) is 6.54 Å². The molecule has 2 amide bonds. The number of carbonyl (C=O) groups is 2. The van der Waals surface area contributed by atoms with E-state index in [1.165, 1.54) is 6.07 Å². The molecule has 0 aliphatic heterocycles. The lowest BCUT2D eigenvalue weighted by atomic mass is 10.1. The standard InChI is InChI=1S/C25H19ClN4O3/c26-19-12-7-13-20(14-19)27-23(31)16-30-25(33)22(28-24(32)18-10-5-2-6-11-18)15-21(29-30)17-8-3-1-4-9-17/h1-15H,16H2,(H,27,31)(H,28,32). The Morgan fingerprint density at radius 1 is 0.848 bits per heavy atom. The first-order valence-corrected chi connectivity index (χ1v) is 10.5. The third-order valence-electron chi connectivity index (χ3n) is 4.73. The van der Waals surface area contributed by atoms with Gasteiger partial charge in [0.25, 0.3) is 11.5 Å². The van der Waals surface area contributed by atoms with Crippen molar-refractivity contribution in [3.8, 4) is 11.3 Å². The number of anilines is 2. The van der Waals surface area contributed by atoms with E-state index in [9.17, 15) is 14.4 Å². The van der Waals surface area contributed by atoms with Crippen LogP contribution in [0.4, 0.5) is 11.4 Å². The molecule has 0 saturated carbocycles. The van der Waals surface area contributed by atoms with Gasteiger partial charge in [0.1, 0.15) is 12.2 Å². The summed E-state index contributed by atoms with van der Waals surface area (Å²) in [4.78, 5) is 38.3. The number of carbonyl (C=O) groups excluding carboxylic acids is 2. The number of nitrogens with one attached hydrogen (secondary N) is 2. The molecule has 33 heavy (non-hydrogen) atoms. The van der Waals surface area contributed by atoms with Gasteiger partial charge >= 0.3 is 0 Å². The predicted octanol–water partition coefficient (Wildman–Crippen LogP) is 4.45. The summed E-state index contributed by atoms with van der Waals surface area (Å²) in [6, 6.07) is 25.9. The summed E-state index contributed by atoms with van der Waals surface area (Å²) < 4.78 is 1.03. The molecular weight excluding hydrogens is 440 g/mol. The fourth-order valence-corrected chi connectivity index (χ4v) is 3.37. The zero-order valence-electron chi connectivity index (χ0n) is 17.4. The quantitative estimate of drug-likeness (QED) is 0.446. The minimum absolute atomic E-state index is 0.0215. The number of rotatable bonds is 6. The molecule has 1 aromatic heterocycles. The second-order valence-corrected chi connectivity index (χ2v) is 7.59. The van der Waals surface area contributed by atoms with Gasteiger partial charge < -0.3 is 10.6 Å². The van der Waals surface area contributed by atoms with Crippen molar-refractivity contribution in [1.82, 2.24) is 9.78 Å². The Labute approximate surface area is 194 Å². The van der Waals surface area contributed by atoms with Crippen LogP contribution in [-0.4, -0.2) is 21.6 Å². The van der Waals surface area contributed by atoms with Gasteiger partial charge in [-0.3, -0.25) is 14.4 Å². The molecule has 3 aromatic carbocycles. The van der Waals surface area contributed by atoms with Crippen LogP contribution in [-0.2, 0) is 11.3 Å². The zero-order valence-corrected chi connectivity index (χ0v) is 18.1. The lowest BCUT2D eigenvalue weighted by Crippen LogP contribution is -2.32. The molecule has 0 unspecified atom stereocenters. The molecule has 1 heterocycles. The summed E-state index contributed by atoms with van der Waals surface area (Å²) in [5, 5.41) is 10.2. The Morgan fingerprint density at radius 2 is 1.55 bits per heavy atom. The lowest BCUT2D eigenvalue weighted by molar-refractivity contribution is -0.117. The fraction of sp³-hybridized carbons (Fsp3) is 0.0400. The van der Waals surface area contributed by atoms with Crippen molar-refractivity contribution in [2.75, 3.05) is 10.6 Å². The molecule has 0 bridgehead atoms. The summed E-state index contributed by atoms with van der Waals surface area (Å²) in [5.74, 6) is -0.898. The minimum Gasteiger partial charge on any atom is -0.324 e. The molecule has 0 atom stereocenters. The van der Waals surface area contributed by atoms with E-state index < -0.39 is 17.4 Å². The maximum absolute atomic E-state index is 13.0. The monoisotopic (exact) mass is 458 g/mol. The fourth-order valence-electron chi connectivity index (χ4n) is 3.18. The van der Waals surface area contributed by atoms with Crippen LogP contribution in [0.2, 0.25) is 5.02 Å².